The molecule has 1 aromatic carbocycles. The minimum absolute atomic E-state index is 0.0960. The SMILES string of the molecule is COCc1ccc2c(c1)C(=O)N([C@H]1C(=O)NC(=O)C[C@@H]1C)C2=O. The van der Waals surface area contributed by atoms with Gasteiger partial charge in [-0.05, 0) is 23.6 Å². The molecule has 0 radical (unpaired) electrons. The van der Waals surface area contributed by atoms with Crippen molar-refractivity contribution < 1.29 is 23.9 Å². The monoisotopic (exact) mass is 316 g/mol. The van der Waals surface area contributed by atoms with Crippen LogP contribution in [0.1, 0.15) is 39.6 Å². The lowest BCUT2D eigenvalue weighted by Crippen LogP contribution is -2.58. The number of imide groups is 2. The first kappa shape index (κ1) is 15.4. The highest BCUT2D eigenvalue weighted by atomic mass is 16.5. The fraction of sp³-hybridized carbons (Fsp3) is 0.375. The molecule has 0 spiro atoms. The van der Waals surface area contributed by atoms with Crippen LogP contribution in [0.4, 0.5) is 0 Å². The Bertz CT molecular complexity index is 727. The van der Waals surface area contributed by atoms with E-state index in [0.29, 0.717) is 6.61 Å². The maximum Gasteiger partial charge on any atom is 0.262 e. The third kappa shape index (κ3) is 2.43. The van der Waals surface area contributed by atoms with E-state index in [4.69, 9.17) is 4.74 Å². The first-order valence-electron chi connectivity index (χ1n) is 7.27. The van der Waals surface area contributed by atoms with E-state index in [0.717, 1.165) is 10.5 Å². The molecule has 2 aliphatic rings. The quantitative estimate of drug-likeness (QED) is 0.819. The van der Waals surface area contributed by atoms with E-state index in [2.05, 4.69) is 5.32 Å². The van der Waals surface area contributed by atoms with Gasteiger partial charge in [0, 0.05) is 13.5 Å². The maximum atomic E-state index is 12.6. The van der Waals surface area contributed by atoms with Crippen molar-refractivity contribution in [3.8, 4) is 0 Å². The predicted molar refractivity (Wildman–Crippen MR) is 78.4 cm³/mol. The minimum Gasteiger partial charge on any atom is -0.380 e. The highest BCUT2D eigenvalue weighted by Crippen LogP contribution is 2.30. The van der Waals surface area contributed by atoms with Gasteiger partial charge >= 0.3 is 0 Å². The largest absolute Gasteiger partial charge is 0.380 e. The zero-order valence-electron chi connectivity index (χ0n) is 12.8. The van der Waals surface area contributed by atoms with Gasteiger partial charge in [-0.25, -0.2) is 0 Å². The van der Waals surface area contributed by atoms with Crippen molar-refractivity contribution in [1.29, 1.82) is 0 Å². The molecule has 7 heteroatoms. The van der Waals surface area contributed by atoms with Crippen LogP contribution in [-0.2, 0) is 20.9 Å². The average Bonchev–Trinajstić information content (AvgIpc) is 2.72. The summed E-state index contributed by atoms with van der Waals surface area (Å²) in [5, 5.41) is 2.19. The lowest BCUT2D eigenvalue weighted by atomic mass is 9.92. The van der Waals surface area contributed by atoms with E-state index in [1.165, 1.54) is 7.11 Å². The number of amides is 4. The van der Waals surface area contributed by atoms with Crippen LogP contribution in [0.3, 0.4) is 0 Å². The Morgan fingerprint density at radius 3 is 2.52 bits per heavy atom. The minimum atomic E-state index is -0.967. The van der Waals surface area contributed by atoms with Gasteiger partial charge in [-0.2, -0.15) is 0 Å². The summed E-state index contributed by atoms with van der Waals surface area (Å²) < 4.78 is 5.03. The number of ether oxygens (including phenoxy) is 1. The van der Waals surface area contributed by atoms with E-state index in [1.54, 1.807) is 25.1 Å². The number of nitrogens with one attached hydrogen (secondary N) is 1. The normalized spacial score (nSPS) is 24.0. The van der Waals surface area contributed by atoms with E-state index >= 15 is 0 Å². The number of carbonyl (C=O) groups is 4. The number of hydrogen-bond donors (Lipinski definition) is 1. The summed E-state index contributed by atoms with van der Waals surface area (Å²) in [6.07, 6.45) is 0.0960. The molecule has 1 fully saturated rings. The van der Waals surface area contributed by atoms with Crippen LogP contribution in [-0.4, -0.2) is 41.7 Å². The number of hydrogen-bond acceptors (Lipinski definition) is 5. The van der Waals surface area contributed by atoms with Crippen LogP contribution in [0.2, 0.25) is 0 Å². The fourth-order valence-electron chi connectivity index (χ4n) is 3.11. The predicted octanol–water partition coefficient (Wildman–Crippen LogP) is 0.480. The molecule has 1 N–H and O–H groups in total. The second-order valence-corrected chi connectivity index (χ2v) is 5.83. The second-order valence-electron chi connectivity index (χ2n) is 5.83. The van der Waals surface area contributed by atoms with Gasteiger partial charge in [0.25, 0.3) is 11.8 Å². The first-order valence-corrected chi connectivity index (χ1v) is 7.27. The van der Waals surface area contributed by atoms with Gasteiger partial charge in [0.05, 0.1) is 17.7 Å². The third-order valence-electron chi connectivity index (χ3n) is 4.15. The highest BCUT2D eigenvalue weighted by molar-refractivity contribution is 6.23. The zero-order chi connectivity index (χ0) is 16.7. The molecule has 1 aromatic rings. The summed E-state index contributed by atoms with van der Waals surface area (Å²) in [5.74, 6) is -2.44. The average molecular weight is 316 g/mol. The van der Waals surface area contributed by atoms with Crippen molar-refractivity contribution in [1.82, 2.24) is 10.2 Å². The van der Waals surface area contributed by atoms with Gasteiger partial charge in [0.15, 0.2) is 0 Å². The Balaban J connectivity index is 1.96. The molecule has 1 saturated heterocycles. The topological polar surface area (TPSA) is 92.8 Å². The molecular formula is C16H16N2O5. The van der Waals surface area contributed by atoms with Crippen LogP contribution in [0.15, 0.2) is 18.2 Å². The van der Waals surface area contributed by atoms with E-state index in [1.807, 2.05) is 0 Å². The van der Waals surface area contributed by atoms with E-state index in [9.17, 15) is 19.2 Å². The summed E-state index contributed by atoms with van der Waals surface area (Å²) in [6.45, 7) is 2.00. The van der Waals surface area contributed by atoms with Gasteiger partial charge in [-0.15, -0.1) is 0 Å². The molecule has 7 nitrogen and oxygen atoms in total. The van der Waals surface area contributed by atoms with E-state index < -0.39 is 35.6 Å². The molecule has 2 heterocycles. The van der Waals surface area contributed by atoms with Crippen LogP contribution in [0.5, 0.6) is 0 Å². The number of benzene rings is 1. The Morgan fingerprint density at radius 1 is 1.17 bits per heavy atom. The van der Waals surface area contributed by atoms with Crippen molar-refractivity contribution in [2.75, 3.05) is 7.11 Å². The molecule has 0 aliphatic carbocycles. The van der Waals surface area contributed by atoms with Crippen LogP contribution in [0, 0.1) is 5.92 Å². The molecule has 4 amide bonds. The Kier molecular flexibility index (Phi) is 3.73. The Labute approximate surface area is 132 Å². The lowest BCUT2D eigenvalue weighted by Gasteiger charge is -2.32. The summed E-state index contributed by atoms with van der Waals surface area (Å²) in [4.78, 5) is 49.7. The van der Waals surface area contributed by atoms with Crippen molar-refractivity contribution >= 4 is 23.6 Å². The Morgan fingerprint density at radius 2 is 1.87 bits per heavy atom. The molecule has 23 heavy (non-hydrogen) atoms. The standard InChI is InChI=1S/C16H16N2O5/c1-8-5-12(19)17-14(20)13(8)18-15(21)10-4-3-9(7-23-2)6-11(10)16(18)22/h3-4,6,8,13H,5,7H2,1-2H3,(H,17,19,20)/t8-,13+/m0/s1. The number of fused-ring (bicyclic) bond motifs is 1. The molecule has 0 unspecified atom stereocenters. The van der Waals surface area contributed by atoms with Gasteiger partial charge in [-0.3, -0.25) is 29.4 Å². The molecule has 2 atom stereocenters. The maximum absolute atomic E-state index is 12.6. The van der Waals surface area contributed by atoms with Crippen molar-refractivity contribution in [3.63, 3.8) is 0 Å². The Hall–Kier alpha value is -2.54. The molecule has 2 aliphatic heterocycles. The summed E-state index contributed by atoms with van der Waals surface area (Å²) in [5.41, 5.74) is 1.30. The van der Waals surface area contributed by atoms with Gasteiger partial charge in [0.2, 0.25) is 11.8 Å². The highest BCUT2D eigenvalue weighted by Gasteiger charge is 2.47. The van der Waals surface area contributed by atoms with Gasteiger partial charge in [-0.1, -0.05) is 13.0 Å². The first-order chi connectivity index (χ1) is 10.9. The van der Waals surface area contributed by atoms with Gasteiger partial charge in [0.1, 0.15) is 6.04 Å². The number of carbonyl (C=O) groups excluding carboxylic acids is 4. The lowest BCUT2D eigenvalue weighted by molar-refractivity contribution is -0.138. The van der Waals surface area contributed by atoms with Crippen LogP contribution in [0.25, 0.3) is 0 Å². The summed E-state index contributed by atoms with van der Waals surface area (Å²) in [7, 11) is 1.54. The van der Waals surface area contributed by atoms with Crippen molar-refractivity contribution in [2.24, 2.45) is 5.92 Å². The smallest absolute Gasteiger partial charge is 0.262 e. The molecule has 120 valence electrons. The van der Waals surface area contributed by atoms with Crippen molar-refractivity contribution in [3.05, 3.63) is 34.9 Å². The third-order valence-corrected chi connectivity index (χ3v) is 4.15. The zero-order valence-corrected chi connectivity index (χ0v) is 12.8. The van der Waals surface area contributed by atoms with Crippen LogP contribution < -0.4 is 5.32 Å². The molecule has 0 saturated carbocycles. The molecule has 3 rings (SSSR count). The van der Waals surface area contributed by atoms with E-state index in [-0.39, 0.29) is 17.5 Å². The fourth-order valence-corrected chi connectivity index (χ4v) is 3.11. The van der Waals surface area contributed by atoms with Gasteiger partial charge < -0.3 is 4.74 Å². The van der Waals surface area contributed by atoms with Crippen LogP contribution >= 0.6 is 0 Å². The molecular weight excluding hydrogens is 300 g/mol. The summed E-state index contributed by atoms with van der Waals surface area (Å²) >= 11 is 0. The van der Waals surface area contributed by atoms with Crippen molar-refractivity contribution in [2.45, 2.75) is 26.0 Å². The molecule has 0 aromatic heterocycles. The second kappa shape index (κ2) is 5.58. The molecule has 0 bridgehead atoms. The number of nitrogens with zero attached hydrogens (tertiary/aromatic N) is 1. The number of piperidine rings is 1. The number of methoxy groups -OCH3 is 1. The summed E-state index contributed by atoms with van der Waals surface area (Å²) in [6, 6.07) is 3.92. The number of rotatable bonds is 3.